The van der Waals surface area contributed by atoms with Gasteiger partial charge in [-0.1, -0.05) is 24.4 Å². The molecule has 0 atom stereocenters. The van der Waals surface area contributed by atoms with Crippen molar-refractivity contribution in [2.24, 2.45) is 5.16 Å². The average Bonchev–Trinajstić information content (AvgIpc) is 2.72. The molecule has 1 saturated carbocycles. The fraction of sp³-hybridized carbons (Fsp3) is 0.400. The minimum Gasteiger partial charge on any atom is -0.432 e. The number of hydrogen-bond acceptors (Lipinski definition) is 4. The van der Waals surface area contributed by atoms with Crippen molar-refractivity contribution in [2.45, 2.75) is 45.1 Å². The van der Waals surface area contributed by atoms with Crippen LogP contribution in [0.4, 0.5) is 17.6 Å². The van der Waals surface area contributed by atoms with Gasteiger partial charge in [0.1, 0.15) is 0 Å². The molecule has 1 aliphatic carbocycles. The number of nitrogens with zero attached hydrogens (tertiary/aromatic N) is 3. The summed E-state index contributed by atoms with van der Waals surface area (Å²) in [7, 11) is 1.73. The second-order valence-corrected chi connectivity index (χ2v) is 7.03. The maximum Gasteiger partial charge on any atom is 0.230 e. The van der Waals surface area contributed by atoms with Crippen molar-refractivity contribution in [2.75, 3.05) is 7.05 Å². The van der Waals surface area contributed by atoms with Crippen LogP contribution >= 0.6 is 0 Å². The minimum atomic E-state index is -1.68. The van der Waals surface area contributed by atoms with Crippen LogP contribution in [-0.2, 0) is 0 Å². The van der Waals surface area contributed by atoms with Gasteiger partial charge in [0.05, 0.1) is 5.56 Å². The van der Waals surface area contributed by atoms with Crippen LogP contribution < -0.4 is 4.74 Å². The molecule has 5 nitrogen and oxygen atoms in total. The molecule has 1 aliphatic rings. The van der Waals surface area contributed by atoms with E-state index >= 15 is 0 Å². The molecule has 3 rings (SSSR count). The van der Waals surface area contributed by atoms with E-state index in [0.717, 1.165) is 32.1 Å². The van der Waals surface area contributed by atoms with Gasteiger partial charge in [-0.25, -0.2) is 13.8 Å². The van der Waals surface area contributed by atoms with Crippen molar-refractivity contribution in [3.63, 3.8) is 0 Å². The summed E-state index contributed by atoms with van der Waals surface area (Å²) in [6, 6.07) is 3.31. The van der Waals surface area contributed by atoms with E-state index in [1.165, 1.54) is 6.07 Å². The molecule has 0 amide bonds. The van der Waals surface area contributed by atoms with Crippen LogP contribution in [-0.4, -0.2) is 34.0 Å². The van der Waals surface area contributed by atoms with E-state index in [4.69, 9.17) is 4.74 Å². The Labute approximate surface area is 165 Å². The van der Waals surface area contributed by atoms with Crippen LogP contribution in [0.15, 0.2) is 23.4 Å². The number of halogens is 4. The van der Waals surface area contributed by atoms with E-state index < -0.39 is 29.0 Å². The maximum absolute atomic E-state index is 14.1. The van der Waals surface area contributed by atoms with Crippen LogP contribution in [0, 0.1) is 30.2 Å². The van der Waals surface area contributed by atoms with Crippen LogP contribution in [0.5, 0.6) is 11.6 Å². The van der Waals surface area contributed by atoms with E-state index in [1.54, 1.807) is 24.9 Å². The molecule has 1 N–H and O–H groups in total. The van der Waals surface area contributed by atoms with Crippen molar-refractivity contribution >= 4 is 5.84 Å². The zero-order valence-corrected chi connectivity index (χ0v) is 16.1. The molecule has 1 heterocycles. The third-order valence-corrected chi connectivity index (χ3v) is 5.06. The van der Waals surface area contributed by atoms with Gasteiger partial charge >= 0.3 is 0 Å². The first-order valence-electron chi connectivity index (χ1n) is 9.27. The number of amidine groups is 1. The molecule has 0 aliphatic heterocycles. The predicted octanol–water partition coefficient (Wildman–Crippen LogP) is 5.14. The SMILES string of the molecule is Cc1ccc(/C(=N/O)N(C)C2CCCCC2)c(Oc2c(F)c(F)cc(F)c2F)n1. The van der Waals surface area contributed by atoms with Crippen molar-refractivity contribution in [1.29, 1.82) is 0 Å². The molecule has 2 aromatic rings. The summed E-state index contributed by atoms with van der Waals surface area (Å²) in [5.74, 6) is -8.05. The Balaban J connectivity index is 2.02. The van der Waals surface area contributed by atoms with Gasteiger partial charge in [-0.2, -0.15) is 8.78 Å². The van der Waals surface area contributed by atoms with Gasteiger partial charge < -0.3 is 14.8 Å². The Morgan fingerprint density at radius 1 is 1.10 bits per heavy atom. The number of pyridine rings is 1. The molecule has 0 bridgehead atoms. The molecular formula is C20H21F4N3O2. The summed E-state index contributed by atoms with van der Waals surface area (Å²) in [6.07, 6.45) is 4.97. The Bertz CT molecular complexity index is 904. The van der Waals surface area contributed by atoms with Crippen molar-refractivity contribution < 1.29 is 27.5 Å². The first kappa shape index (κ1) is 20.9. The lowest BCUT2D eigenvalue weighted by Gasteiger charge is -2.33. The first-order valence-corrected chi connectivity index (χ1v) is 9.27. The summed E-state index contributed by atoms with van der Waals surface area (Å²) in [4.78, 5) is 5.83. The number of oxime groups is 1. The van der Waals surface area contributed by atoms with Crippen LogP contribution in [0.3, 0.4) is 0 Å². The molecule has 29 heavy (non-hydrogen) atoms. The third kappa shape index (κ3) is 4.28. The lowest BCUT2D eigenvalue weighted by Crippen LogP contribution is -2.39. The third-order valence-electron chi connectivity index (χ3n) is 5.06. The molecule has 1 aromatic carbocycles. The van der Waals surface area contributed by atoms with E-state index in [2.05, 4.69) is 10.1 Å². The van der Waals surface area contributed by atoms with Gasteiger partial charge in [-0.15, -0.1) is 0 Å². The molecule has 0 unspecified atom stereocenters. The second kappa shape index (κ2) is 8.67. The fourth-order valence-corrected chi connectivity index (χ4v) is 3.47. The van der Waals surface area contributed by atoms with Crippen molar-refractivity contribution in [3.05, 3.63) is 52.7 Å². The van der Waals surface area contributed by atoms with Crippen molar-refractivity contribution in [1.82, 2.24) is 9.88 Å². The van der Waals surface area contributed by atoms with Gasteiger partial charge in [-0.05, 0) is 31.9 Å². The Morgan fingerprint density at radius 3 is 2.31 bits per heavy atom. The summed E-state index contributed by atoms with van der Waals surface area (Å²) >= 11 is 0. The molecule has 0 radical (unpaired) electrons. The van der Waals surface area contributed by atoms with Gasteiger partial charge in [-0.3, -0.25) is 0 Å². The quantitative estimate of drug-likeness (QED) is 0.189. The maximum atomic E-state index is 14.1. The summed E-state index contributed by atoms with van der Waals surface area (Å²) in [5, 5.41) is 13.0. The number of ether oxygens (including phenoxy) is 1. The van der Waals surface area contributed by atoms with E-state index in [9.17, 15) is 22.8 Å². The van der Waals surface area contributed by atoms with E-state index in [1.807, 2.05) is 0 Å². The monoisotopic (exact) mass is 411 g/mol. The topological polar surface area (TPSA) is 58.0 Å². The van der Waals surface area contributed by atoms with Gasteiger partial charge in [0.15, 0.2) is 17.5 Å². The number of aryl methyl sites for hydroxylation is 1. The largest absolute Gasteiger partial charge is 0.432 e. The molecule has 0 spiro atoms. The van der Waals surface area contributed by atoms with Gasteiger partial charge in [0.2, 0.25) is 23.3 Å². The standard InChI is InChI=1S/C20H21F4N3O2/c1-11-8-9-13(19(26-28)27(2)12-6-4-3-5-7-12)20(25-11)29-18-16(23)14(21)10-15(22)17(18)24/h8-10,12,28H,3-7H2,1-2H3/b26-19-. The Kier molecular flexibility index (Phi) is 6.24. The highest BCUT2D eigenvalue weighted by atomic mass is 19.2. The van der Waals surface area contributed by atoms with Gasteiger partial charge in [0.25, 0.3) is 0 Å². The number of rotatable bonds is 4. The summed E-state index contributed by atoms with van der Waals surface area (Å²) < 4.78 is 60.4. The zero-order chi connectivity index (χ0) is 21.1. The molecule has 0 saturated heterocycles. The van der Waals surface area contributed by atoms with E-state index in [-0.39, 0.29) is 29.4 Å². The number of aromatic nitrogens is 1. The highest BCUT2D eigenvalue weighted by Gasteiger charge is 2.27. The molecule has 1 aromatic heterocycles. The lowest BCUT2D eigenvalue weighted by molar-refractivity contribution is 0.256. The average molecular weight is 411 g/mol. The van der Waals surface area contributed by atoms with Crippen molar-refractivity contribution in [3.8, 4) is 11.6 Å². The molecule has 1 fully saturated rings. The molecule has 156 valence electrons. The molecular weight excluding hydrogens is 390 g/mol. The first-order chi connectivity index (χ1) is 13.8. The lowest BCUT2D eigenvalue weighted by atomic mass is 9.94. The normalized spacial score (nSPS) is 15.4. The highest BCUT2D eigenvalue weighted by molar-refractivity contribution is 6.00. The smallest absolute Gasteiger partial charge is 0.230 e. The van der Waals surface area contributed by atoms with E-state index in [0.29, 0.717) is 5.69 Å². The fourth-order valence-electron chi connectivity index (χ4n) is 3.47. The second-order valence-electron chi connectivity index (χ2n) is 7.03. The summed E-state index contributed by atoms with van der Waals surface area (Å²) in [6.45, 7) is 1.61. The summed E-state index contributed by atoms with van der Waals surface area (Å²) in [5.41, 5.74) is 0.564. The number of hydrogen-bond donors (Lipinski definition) is 1. The Morgan fingerprint density at radius 2 is 1.72 bits per heavy atom. The molecule has 9 heteroatoms. The zero-order valence-electron chi connectivity index (χ0n) is 16.1. The number of benzene rings is 1. The van der Waals surface area contributed by atoms with Gasteiger partial charge in [0, 0.05) is 24.8 Å². The van der Waals surface area contributed by atoms with Crippen LogP contribution in [0.25, 0.3) is 0 Å². The highest BCUT2D eigenvalue weighted by Crippen LogP contribution is 2.33. The minimum absolute atomic E-state index is 0.0806. The Hall–Kier alpha value is -2.84. The predicted molar refractivity (Wildman–Crippen MR) is 98.3 cm³/mol. The van der Waals surface area contributed by atoms with Crippen LogP contribution in [0.1, 0.15) is 43.4 Å². The van der Waals surface area contributed by atoms with Crippen LogP contribution in [0.2, 0.25) is 0 Å².